The molecule has 4 unspecified atom stereocenters. The molecule has 16 atom stereocenters. The quantitative estimate of drug-likeness (QED) is 0.0240. The number of nitrogens with one attached hydrogen (secondary N) is 2. The van der Waals surface area contributed by atoms with Crippen LogP contribution in [0.25, 0.3) is 44.6 Å². The fourth-order valence-electron chi connectivity index (χ4n) is 17.6. The zero-order valence-electron chi connectivity index (χ0n) is 66.0. The third-order valence-corrected chi connectivity index (χ3v) is 25.1. The van der Waals surface area contributed by atoms with Crippen molar-refractivity contribution in [2.24, 2.45) is 69.0 Å². The van der Waals surface area contributed by atoms with Crippen LogP contribution in [0.5, 0.6) is 23.0 Å². The number of carbonyl (C=O) groups excluding carboxylic acids is 6. The number of esters is 2. The molecule has 602 valence electrons. The first kappa shape index (κ1) is 81.0. The average Bonchev–Trinajstić information content (AvgIpc) is 1.58. The Labute approximate surface area is 661 Å². The monoisotopic (exact) mass is 1580 g/mol. The Hall–Kier alpha value is -9.04. The molecule has 6 saturated carbocycles. The van der Waals surface area contributed by atoms with Crippen molar-refractivity contribution in [3.05, 3.63) is 71.2 Å². The Morgan fingerprint density at radius 1 is 0.571 bits per heavy atom. The van der Waals surface area contributed by atoms with Gasteiger partial charge in [-0.1, -0.05) is 94.5 Å². The van der Waals surface area contributed by atoms with Crippen molar-refractivity contribution in [1.82, 2.24) is 30.1 Å². The van der Waals surface area contributed by atoms with E-state index in [4.69, 9.17) is 70.6 Å². The number of hydrogen-bond acceptors (Lipinski definition) is 22. The summed E-state index contributed by atoms with van der Waals surface area (Å²) in [6.45, 7) is 25.0. The van der Waals surface area contributed by atoms with Crippen LogP contribution in [-0.2, 0) is 47.8 Å². The van der Waals surface area contributed by atoms with Crippen LogP contribution in [-0.4, -0.2) is 163 Å². The molecule has 0 spiro atoms. The highest BCUT2D eigenvalue weighted by molar-refractivity contribution is 6.37. The lowest BCUT2D eigenvalue weighted by Crippen LogP contribution is -2.48. The number of anilines is 2. The number of allylic oxidation sites excluding steroid dienone is 1. The molecule has 8 fully saturated rings. The molecule has 4 aromatic heterocycles. The van der Waals surface area contributed by atoms with Gasteiger partial charge in [0.05, 0.1) is 97.3 Å². The number of halogens is 2. The van der Waals surface area contributed by atoms with Crippen LogP contribution >= 0.6 is 23.2 Å². The van der Waals surface area contributed by atoms with Gasteiger partial charge >= 0.3 is 23.9 Å². The summed E-state index contributed by atoms with van der Waals surface area (Å²) >= 11 is 13.6. The van der Waals surface area contributed by atoms with E-state index < -0.39 is 81.7 Å². The molecule has 0 radical (unpaired) electrons. The Morgan fingerprint density at radius 2 is 0.973 bits per heavy atom. The molecule has 28 heteroatoms. The number of benzene rings is 2. The highest BCUT2D eigenvalue weighted by atomic mass is 35.5. The highest BCUT2D eigenvalue weighted by Crippen LogP contribution is 2.59. The molecule has 6 heterocycles. The third-order valence-electron chi connectivity index (χ3n) is 24.4. The predicted molar refractivity (Wildman–Crippen MR) is 417 cm³/mol. The number of amides is 2. The normalized spacial score (nSPS) is 27.2. The second-order valence-corrected chi connectivity index (χ2v) is 35.9. The molecule has 8 aliphatic rings. The maximum atomic E-state index is 14.7. The Kier molecular flexibility index (Phi) is 22.9. The number of hydrogen-bond donors (Lipinski definition) is 4. The lowest BCUT2D eigenvalue weighted by molar-refractivity contribution is -0.157. The number of aromatic nitrogens is 4. The van der Waals surface area contributed by atoms with Gasteiger partial charge in [0.25, 0.3) is 0 Å². The Morgan fingerprint density at radius 3 is 1.31 bits per heavy atom. The summed E-state index contributed by atoms with van der Waals surface area (Å²) in [6.07, 6.45) is 6.64. The standard InChI is InChI=1S/C42H53ClN4O9.C42H51ClN4O9/c2*1-8-24-18-42(24,40(51)52)19-32(48)31-14-26(20-47(31)39(50)28(41(4,5)6)15-36(49)55-25-12-22-11-23(22)13-25)54-34-16-29(30-17-35(56-46-30)44-21(2)3)45-38-27(34)9-10-33(53-7)37(38)43/h9-10,16-17,21-26,28,31,44H,8,11-15,18-20H2,1-7H3,(H,51,52);8-10,16-17,21-26,28,31,44H,1,11-15,18-20H2,2-7H3,(H,51,52)/t2*22-,23+,24-,25?,26-,28-,31?,42-/m11/s1. The first-order valence-corrected chi connectivity index (χ1v) is 40.1. The van der Waals surface area contributed by atoms with Crippen LogP contribution in [0.1, 0.15) is 172 Å². The minimum Gasteiger partial charge on any atom is -0.495 e. The van der Waals surface area contributed by atoms with E-state index in [2.05, 4.69) is 27.5 Å². The zero-order chi connectivity index (χ0) is 80.5. The first-order chi connectivity index (χ1) is 53.0. The van der Waals surface area contributed by atoms with Crippen LogP contribution in [0.3, 0.4) is 0 Å². The van der Waals surface area contributed by atoms with Crippen molar-refractivity contribution in [3.63, 3.8) is 0 Å². The summed E-state index contributed by atoms with van der Waals surface area (Å²) in [6, 6.07) is 12.1. The maximum Gasteiger partial charge on any atom is 0.310 e. The maximum absolute atomic E-state index is 14.7. The molecule has 2 aliphatic heterocycles. The smallest absolute Gasteiger partial charge is 0.310 e. The number of Topliss-reactive ketones (excluding diaryl/α,β-unsaturated/α-hetero) is 2. The number of carbonyl (C=O) groups is 8. The Bertz CT molecular complexity index is 4640. The van der Waals surface area contributed by atoms with E-state index in [1.54, 1.807) is 54.6 Å². The number of methoxy groups -OCH3 is 2. The van der Waals surface area contributed by atoms with Crippen LogP contribution in [0.15, 0.2) is 70.2 Å². The Balaban J connectivity index is 0.000000196. The minimum atomic E-state index is -1.27. The molecule has 26 nitrogen and oxygen atoms in total. The second-order valence-electron chi connectivity index (χ2n) is 35.2. The van der Waals surface area contributed by atoms with Crippen LogP contribution in [0.4, 0.5) is 11.8 Å². The predicted octanol–water partition coefficient (Wildman–Crippen LogP) is 14.9. The van der Waals surface area contributed by atoms with E-state index in [1.165, 1.54) is 36.9 Å². The zero-order valence-corrected chi connectivity index (χ0v) is 67.5. The fraction of sp³-hybridized carbons (Fsp3) is 0.595. The summed E-state index contributed by atoms with van der Waals surface area (Å²) in [5.74, 6) is -1.41. The minimum absolute atomic E-state index is 0.0171. The summed E-state index contributed by atoms with van der Waals surface area (Å²) < 4.78 is 47.2. The third kappa shape index (κ3) is 17.1. The molecule has 4 N–H and O–H groups in total. The largest absolute Gasteiger partial charge is 0.495 e. The van der Waals surface area contributed by atoms with Crippen molar-refractivity contribution < 1.29 is 86.0 Å². The molecule has 2 amide bonds. The van der Waals surface area contributed by atoms with Gasteiger partial charge in [0, 0.05) is 72.8 Å². The number of nitrogens with zero attached hydrogens (tertiary/aromatic N) is 6. The van der Waals surface area contributed by atoms with Gasteiger partial charge in [-0.3, -0.25) is 38.4 Å². The van der Waals surface area contributed by atoms with Gasteiger partial charge in [0.15, 0.2) is 11.6 Å². The summed E-state index contributed by atoms with van der Waals surface area (Å²) in [4.78, 5) is 122. The van der Waals surface area contributed by atoms with Gasteiger partial charge in [0.2, 0.25) is 23.6 Å². The van der Waals surface area contributed by atoms with Crippen molar-refractivity contribution in [2.75, 3.05) is 37.9 Å². The van der Waals surface area contributed by atoms with E-state index in [1.807, 2.05) is 76.2 Å². The van der Waals surface area contributed by atoms with Gasteiger partial charge in [-0.25, -0.2) is 9.97 Å². The molecular weight excluding hydrogens is 1480 g/mol. The number of aliphatic carboxylic acids is 2. The number of likely N-dealkylation sites (tertiary alicyclic amines) is 2. The number of carboxylic acid groups (broad SMARTS) is 2. The van der Waals surface area contributed by atoms with Crippen LogP contribution in [0.2, 0.25) is 10.0 Å². The van der Waals surface area contributed by atoms with E-state index in [0.29, 0.717) is 122 Å². The number of rotatable bonds is 30. The topological polar surface area (TPSA) is 341 Å². The van der Waals surface area contributed by atoms with Crippen molar-refractivity contribution >= 4 is 104 Å². The van der Waals surface area contributed by atoms with Crippen LogP contribution in [0, 0.1) is 69.0 Å². The first-order valence-electron chi connectivity index (χ1n) is 39.3. The lowest BCUT2D eigenvalue weighted by atomic mass is 9.77. The summed E-state index contributed by atoms with van der Waals surface area (Å²) in [5, 5.41) is 36.8. The van der Waals surface area contributed by atoms with Crippen molar-refractivity contribution in [1.29, 1.82) is 0 Å². The second kappa shape index (κ2) is 31.7. The molecule has 14 rings (SSSR count). The van der Waals surface area contributed by atoms with Crippen LogP contribution < -0.4 is 29.6 Å². The van der Waals surface area contributed by atoms with E-state index in [0.717, 1.165) is 25.7 Å². The molecule has 6 aromatic rings. The molecule has 6 aliphatic carbocycles. The van der Waals surface area contributed by atoms with E-state index >= 15 is 0 Å². The summed E-state index contributed by atoms with van der Waals surface area (Å²) in [5.41, 5.74) is -1.29. The number of carboxylic acids is 2. The van der Waals surface area contributed by atoms with Gasteiger partial charge in [-0.2, -0.15) is 0 Å². The number of pyridine rings is 2. The van der Waals surface area contributed by atoms with E-state index in [-0.39, 0.29) is 121 Å². The molecular formula is C84H104Cl2N8O18. The van der Waals surface area contributed by atoms with Crippen molar-refractivity contribution in [2.45, 2.75) is 221 Å². The molecule has 112 heavy (non-hydrogen) atoms. The number of ketones is 2. The number of fused-ring (bicyclic) bond motifs is 4. The van der Waals surface area contributed by atoms with E-state index in [9.17, 15) is 48.6 Å². The van der Waals surface area contributed by atoms with Gasteiger partial charge in [-0.15, -0.1) is 6.58 Å². The lowest BCUT2D eigenvalue weighted by Gasteiger charge is -2.35. The number of ether oxygens (including phenoxy) is 6. The van der Waals surface area contributed by atoms with Gasteiger partial charge in [-0.05, 0) is 150 Å². The van der Waals surface area contributed by atoms with Gasteiger partial charge in [0.1, 0.15) is 68.8 Å². The SMILES string of the molecule is C=C[C@@H]1C[C@]1(CC(=O)C1C[C@@H](Oc2cc(-c3cc(NC(C)C)on3)nc3c(Cl)c(OC)ccc23)CN1C(=O)[C@@H](CC(=O)OC1C[C@@H]2C[C@@H]2C1)C(C)(C)C)C(=O)O.CC[C@@H]1C[C@]1(CC(=O)C1C[C@@H](Oc2cc(-c3cc(NC(C)C)on3)nc3c(Cl)c(OC)ccc23)CN1C(=O)[C@@H](CC(=O)OC1C[C@@H]2C[C@@H]2C1)C(C)(C)C)C(=O)O. The molecule has 2 aromatic carbocycles. The van der Waals surface area contributed by atoms with Crippen molar-refractivity contribution in [3.8, 4) is 45.8 Å². The highest BCUT2D eigenvalue weighted by Gasteiger charge is 2.63. The fourth-order valence-corrected chi connectivity index (χ4v) is 18.2. The molecule has 0 bridgehead atoms. The average molecular weight is 1580 g/mol. The molecule has 2 saturated heterocycles. The summed E-state index contributed by atoms with van der Waals surface area (Å²) in [7, 11) is 3.02. The van der Waals surface area contributed by atoms with Gasteiger partial charge < -0.3 is 68.1 Å².